The number of hydrogen-bond donors (Lipinski definition) is 0. The fourth-order valence-electron chi connectivity index (χ4n) is 3.76. The minimum atomic E-state index is -3.79. The van der Waals surface area contributed by atoms with Gasteiger partial charge in [-0.15, -0.1) is 11.3 Å². The Labute approximate surface area is 193 Å². The zero-order chi connectivity index (χ0) is 23.0. The summed E-state index contributed by atoms with van der Waals surface area (Å²) in [5.41, 5.74) is 2.12. The number of nitrogens with zero attached hydrogens (tertiary/aromatic N) is 1. The van der Waals surface area contributed by atoms with Crippen molar-refractivity contribution in [2.75, 3.05) is 7.11 Å². The van der Waals surface area contributed by atoms with E-state index in [1.165, 1.54) is 48.8 Å². The summed E-state index contributed by atoms with van der Waals surface area (Å²) >= 11 is 7.40. The largest absolute Gasteiger partial charge is 0.468 e. The van der Waals surface area contributed by atoms with E-state index in [4.69, 9.17) is 16.3 Å². The minimum absolute atomic E-state index is 0.0369. The number of rotatable bonds is 6. The van der Waals surface area contributed by atoms with Crippen molar-refractivity contribution in [2.45, 2.75) is 29.7 Å². The summed E-state index contributed by atoms with van der Waals surface area (Å²) in [6.07, 6.45) is 0.221. The summed E-state index contributed by atoms with van der Waals surface area (Å²) in [5.74, 6) is -0.859. The van der Waals surface area contributed by atoms with Crippen LogP contribution in [0.1, 0.15) is 16.1 Å². The molecule has 0 spiro atoms. The van der Waals surface area contributed by atoms with Gasteiger partial charge in [0, 0.05) is 27.9 Å². The first kappa shape index (κ1) is 22.5. The third kappa shape index (κ3) is 4.05. The lowest BCUT2D eigenvalue weighted by Gasteiger charge is -2.08. The molecule has 166 valence electrons. The van der Waals surface area contributed by atoms with Gasteiger partial charge in [0.05, 0.1) is 21.2 Å². The number of carbonyl (C=O) groups is 1. The molecule has 0 atom stereocenters. The quantitative estimate of drug-likeness (QED) is 0.339. The molecule has 0 N–H and O–H groups in total. The van der Waals surface area contributed by atoms with E-state index in [-0.39, 0.29) is 22.8 Å². The van der Waals surface area contributed by atoms with E-state index < -0.39 is 21.6 Å². The molecule has 0 bridgehead atoms. The first-order valence-electron chi connectivity index (χ1n) is 9.64. The van der Waals surface area contributed by atoms with Crippen LogP contribution in [-0.4, -0.2) is 26.1 Å². The summed E-state index contributed by atoms with van der Waals surface area (Å²) in [5, 5.41) is 0.610. The number of carbonyl (C=O) groups excluding carboxylic acids is 1. The average Bonchev–Trinajstić information content (AvgIpc) is 3.27. The van der Waals surface area contributed by atoms with Gasteiger partial charge in [0.1, 0.15) is 12.4 Å². The zero-order valence-corrected chi connectivity index (χ0v) is 19.7. The van der Waals surface area contributed by atoms with Crippen LogP contribution in [0.5, 0.6) is 0 Å². The normalized spacial score (nSPS) is 11.8. The van der Waals surface area contributed by atoms with Gasteiger partial charge in [-0.2, -0.15) is 0 Å². The Kier molecular flexibility index (Phi) is 6.11. The van der Waals surface area contributed by atoms with Crippen molar-refractivity contribution >= 4 is 49.6 Å². The molecule has 0 radical (unpaired) electrons. The van der Waals surface area contributed by atoms with Crippen LogP contribution in [0.4, 0.5) is 4.39 Å². The summed E-state index contributed by atoms with van der Waals surface area (Å²) in [4.78, 5) is 12.8. The summed E-state index contributed by atoms with van der Waals surface area (Å²) in [7, 11) is -2.48. The minimum Gasteiger partial charge on any atom is -0.468 e. The number of esters is 1. The van der Waals surface area contributed by atoms with Crippen molar-refractivity contribution in [2.24, 2.45) is 0 Å². The number of thiophene rings is 1. The highest BCUT2D eigenvalue weighted by molar-refractivity contribution is 7.91. The highest BCUT2D eigenvalue weighted by Gasteiger charge is 2.26. The highest BCUT2D eigenvalue weighted by atomic mass is 35.5. The Morgan fingerprint density at radius 3 is 2.56 bits per heavy atom. The molecule has 0 saturated carbocycles. The van der Waals surface area contributed by atoms with Crippen molar-refractivity contribution in [3.8, 4) is 0 Å². The predicted octanol–water partition coefficient (Wildman–Crippen LogP) is 5.40. The molecular formula is C23H19ClFNO4S2. The molecule has 0 unspecified atom stereocenters. The van der Waals surface area contributed by atoms with Gasteiger partial charge in [-0.3, -0.25) is 4.79 Å². The van der Waals surface area contributed by atoms with Crippen molar-refractivity contribution in [1.82, 2.24) is 4.57 Å². The van der Waals surface area contributed by atoms with Crippen LogP contribution >= 0.6 is 22.9 Å². The number of hydrogen-bond acceptors (Lipinski definition) is 5. The summed E-state index contributed by atoms with van der Waals surface area (Å²) < 4.78 is 47.5. The third-order valence-corrected chi connectivity index (χ3v) is 8.58. The number of methoxy groups -OCH3 is 1. The maximum Gasteiger partial charge on any atom is 0.325 e. The maximum atomic E-state index is 14.1. The number of halogens is 2. The van der Waals surface area contributed by atoms with E-state index in [0.29, 0.717) is 20.1 Å². The van der Waals surface area contributed by atoms with E-state index in [9.17, 15) is 17.6 Å². The van der Waals surface area contributed by atoms with Crippen molar-refractivity contribution in [3.05, 3.63) is 80.9 Å². The fourth-order valence-corrected chi connectivity index (χ4v) is 6.95. The van der Waals surface area contributed by atoms with Gasteiger partial charge in [-0.25, -0.2) is 12.8 Å². The number of aromatic nitrogens is 1. The molecule has 0 saturated heterocycles. The summed E-state index contributed by atoms with van der Waals surface area (Å²) in [6.45, 7) is 1.78. The SMILES string of the molecule is COC(=O)Cn1c(C)c(Cc2sc(Cl)cc2S(=O)(=O)c2ccccc2)c2cc(F)ccc21. The van der Waals surface area contributed by atoms with Crippen LogP contribution in [0.3, 0.4) is 0 Å². The van der Waals surface area contributed by atoms with Crippen molar-refractivity contribution in [3.63, 3.8) is 0 Å². The Balaban J connectivity index is 1.86. The molecule has 0 aliphatic rings. The number of benzene rings is 2. The van der Waals surface area contributed by atoms with Gasteiger partial charge in [0.15, 0.2) is 0 Å². The van der Waals surface area contributed by atoms with E-state index in [0.717, 1.165) is 11.3 Å². The zero-order valence-electron chi connectivity index (χ0n) is 17.3. The number of ether oxygens (including phenoxy) is 1. The highest BCUT2D eigenvalue weighted by Crippen LogP contribution is 2.37. The third-order valence-electron chi connectivity index (χ3n) is 5.35. The lowest BCUT2D eigenvalue weighted by Crippen LogP contribution is -2.12. The Hall–Kier alpha value is -2.68. The van der Waals surface area contributed by atoms with Gasteiger partial charge in [0.25, 0.3) is 0 Å². The van der Waals surface area contributed by atoms with Crippen molar-refractivity contribution < 1.29 is 22.3 Å². The fraction of sp³-hybridized carbons (Fsp3) is 0.174. The van der Waals surface area contributed by atoms with E-state index >= 15 is 0 Å². The molecule has 4 rings (SSSR count). The Morgan fingerprint density at radius 1 is 1.16 bits per heavy atom. The average molecular weight is 492 g/mol. The molecular weight excluding hydrogens is 473 g/mol. The van der Waals surface area contributed by atoms with Crippen LogP contribution in [0.25, 0.3) is 10.9 Å². The number of fused-ring (bicyclic) bond motifs is 1. The topological polar surface area (TPSA) is 65.4 Å². The molecule has 5 nitrogen and oxygen atoms in total. The van der Waals surface area contributed by atoms with Gasteiger partial charge >= 0.3 is 5.97 Å². The van der Waals surface area contributed by atoms with Crippen LogP contribution in [0, 0.1) is 12.7 Å². The number of sulfone groups is 1. The molecule has 2 heterocycles. The lowest BCUT2D eigenvalue weighted by molar-refractivity contribution is -0.141. The molecule has 2 aromatic carbocycles. The maximum absolute atomic E-state index is 14.1. The van der Waals surface area contributed by atoms with Crippen LogP contribution in [-0.2, 0) is 32.3 Å². The van der Waals surface area contributed by atoms with Gasteiger partial charge in [0.2, 0.25) is 9.84 Å². The van der Waals surface area contributed by atoms with Gasteiger partial charge in [-0.1, -0.05) is 29.8 Å². The molecule has 0 amide bonds. The van der Waals surface area contributed by atoms with E-state index in [2.05, 4.69) is 0 Å². The molecule has 0 aliphatic heterocycles. The summed E-state index contributed by atoms with van der Waals surface area (Å²) in [6, 6.07) is 13.9. The van der Waals surface area contributed by atoms with Gasteiger partial charge < -0.3 is 9.30 Å². The van der Waals surface area contributed by atoms with Crippen LogP contribution in [0.2, 0.25) is 4.34 Å². The predicted molar refractivity (Wildman–Crippen MR) is 123 cm³/mol. The van der Waals surface area contributed by atoms with Crippen molar-refractivity contribution in [1.29, 1.82) is 0 Å². The smallest absolute Gasteiger partial charge is 0.325 e. The molecule has 2 aromatic heterocycles. The Bertz CT molecular complexity index is 1430. The lowest BCUT2D eigenvalue weighted by atomic mass is 10.1. The van der Waals surface area contributed by atoms with E-state index in [1.54, 1.807) is 28.8 Å². The van der Waals surface area contributed by atoms with Crippen LogP contribution in [0.15, 0.2) is 64.4 Å². The van der Waals surface area contributed by atoms with E-state index in [1.807, 2.05) is 6.92 Å². The molecule has 32 heavy (non-hydrogen) atoms. The second-order valence-corrected chi connectivity index (χ2v) is 10.9. The first-order valence-corrected chi connectivity index (χ1v) is 12.3. The van der Waals surface area contributed by atoms with Gasteiger partial charge in [-0.05, 0) is 48.9 Å². The first-order chi connectivity index (χ1) is 15.2. The Morgan fingerprint density at radius 2 is 1.88 bits per heavy atom. The monoisotopic (exact) mass is 491 g/mol. The second kappa shape index (κ2) is 8.69. The van der Waals surface area contributed by atoms with Crippen LogP contribution < -0.4 is 0 Å². The second-order valence-electron chi connectivity index (χ2n) is 7.22. The standard InChI is InChI=1S/C23H19ClFNO4S2/c1-14-17(18-10-15(25)8-9-19(18)26(14)13-23(27)30-2)11-20-21(12-22(24)31-20)32(28,29)16-6-4-3-5-7-16/h3-10,12H,11,13H2,1-2H3. The molecule has 9 heteroatoms. The molecule has 4 aromatic rings. The molecule has 0 aliphatic carbocycles. The molecule has 0 fully saturated rings.